The van der Waals surface area contributed by atoms with Crippen molar-refractivity contribution in [1.82, 2.24) is 4.67 Å². The van der Waals surface area contributed by atoms with Crippen molar-refractivity contribution >= 4 is 28.4 Å². The SMILES string of the molecule is COC(=O)C1CC(=O)C=CN1P(C)P. The van der Waals surface area contributed by atoms with E-state index in [1.54, 1.807) is 6.20 Å². The van der Waals surface area contributed by atoms with E-state index in [1.165, 1.54) is 13.2 Å². The lowest BCUT2D eigenvalue weighted by atomic mass is 10.1. The number of rotatable bonds is 2. The Hall–Kier alpha value is -0.460. The lowest BCUT2D eigenvalue weighted by molar-refractivity contribution is -0.146. The molecule has 0 spiro atoms. The van der Waals surface area contributed by atoms with Gasteiger partial charge in [0.2, 0.25) is 0 Å². The summed E-state index contributed by atoms with van der Waals surface area (Å²) in [5, 5.41) is 0. The van der Waals surface area contributed by atoms with Crippen LogP contribution in [0.5, 0.6) is 0 Å². The lowest BCUT2D eigenvalue weighted by Crippen LogP contribution is -2.38. The van der Waals surface area contributed by atoms with Crippen LogP contribution in [-0.4, -0.2) is 36.2 Å². The van der Waals surface area contributed by atoms with Gasteiger partial charge in [-0.3, -0.25) is 4.79 Å². The maximum Gasteiger partial charge on any atom is 0.329 e. The number of ether oxygens (including phenoxy) is 1. The second kappa shape index (κ2) is 4.86. The summed E-state index contributed by atoms with van der Waals surface area (Å²) in [5.41, 5.74) is 0. The van der Waals surface area contributed by atoms with Gasteiger partial charge in [0.25, 0.3) is 0 Å². The molecule has 0 amide bonds. The largest absolute Gasteiger partial charge is 0.467 e. The molecule has 0 aromatic rings. The van der Waals surface area contributed by atoms with Crippen molar-refractivity contribution in [1.29, 1.82) is 0 Å². The third kappa shape index (κ3) is 2.52. The van der Waals surface area contributed by atoms with Gasteiger partial charge in [0.15, 0.2) is 5.78 Å². The van der Waals surface area contributed by atoms with E-state index in [-0.39, 0.29) is 18.2 Å². The van der Waals surface area contributed by atoms with Gasteiger partial charge in [0, 0.05) is 20.4 Å². The van der Waals surface area contributed by atoms with E-state index >= 15 is 0 Å². The van der Waals surface area contributed by atoms with Crippen LogP contribution in [0.4, 0.5) is 0 Å². The molecule has 4 nitrogen and oxygen atoms in total. The Morgan fingerprint density at radius 1 is 1.79 bits per heavy atom. The molecule has 0 radical (unpaired) electrons. The van der Waals surface area contributed by atoms with E-state index < -0.39 is 13.8 Å². The average molecular weight is 233 g/mol. The van der Waals surface area contributed by atoms with Crippen molar-refractivity contribution in [3.63, 3.8) is 0 Å². The number of allylic oxidation sites excluding steroid dienone is 1. The number of carbonyl (C=O) groups is 2. The summed E-state index contributed by atoms with van der Waals surface area (Å²) < 4.78 is 6.52. The van der Waals surface area contributed by atoms with Crippen molar-refractivity contribution in [3.8, 4) is 0 Å². The van der Waals surface area contributed by atoms with Gasteiger partial charge in [-0.25, -0.2) is 4.79 Å². The van der Waals surface area contributed by atoms with Crippen LogP contribution in [0.15, 0.2) is 12.3 Å². The fourth-order valence-corrected chi connectivity index (χ4v) is 2.87. The first kappa shape index (κ1) is 11.6. The molecule has 6 heteroatoms. The minimum absolute atomic E-state index is 0.0292. The second-order valence-corrected chi connectivity index (χ2v) is 6.83. The molecular formula is C8H13NO3P2. The Bertz CT molecular complexity index is 278. The highest BCUT2D eigenvalue weighted by atomic mass is 32.0. The Kier molecular flexibility index (Phi) is 4.03. The second-order valence-electron chi connectivity index (χ2n) is 2.98. The predicted octanol–water partition coefficient (Wildman–Crippen LogP) is 1.13. The van der Waals surface area contributed by atoms with E-state index in [0.29, 0.717) is 0 Å². The van der Waals surface area contributed by atoms with Gasteiger partial charge in [0.05, 0.1) is 7.11 Å². The molecule has 1 heterocycles. The fourth-order valence-electron chi connectivity index (χ4n) is 1.27. The minimum Gasteiger partial charge on any atom is -0.467 e. The van der Waals surface area contributed by atoms with E-state index in [0.717, 1.165) is 0 Å². The van der Waals surface area contributed by atoms with Crippen LogP contribution in [0.3, 0.4) is 0 Å². The summed E-state index contributed by atoms with van der Waals surface area (Å²) in [4.78, 5) is 22.5. The first-order valence-electron chi connectivity index (χ1n) is 4.11. The van der Waals surface area contributed by atoms with Gasteiger partial charge >= 0.3 is 5.97 Å². The third-order valence-corrected chi connectivity index (χ3v) is 3.91. The quantitative estimate of drug-likeness (QED) is 0.530. The first-order valence-corrected chi connectivity index (χ1v) is 7.47. The van der Waals surface area contributed by atoms with Crippen LogP contribution >= 0.6 is 16.7 Å². The normalized spacial score (nSPS) is 23.5. The Morgan fingerprint density at radius 3 is 2.93 bits per heavy atom. The maximum absolute atomic E-state index is 11.4. The van der Waals surface area contributed by atoms with Crippen LogP contribution in [0.2, 0.25) is 0 Å². The number of nitrogens with zero attached hydrogens (tertiary/aromatic N) is 1. The molecule has 1 aliphatic heterocycles. The van der Waals surface area contributed by atoms with Crippen LogP contribution in [0.1, 0.15) is 6.42 Å². The van der Waals surface area contributed by atoms with E-state index in [1.807, 2.05) is 11.3 Å². The van der Waals surface area contributed by atoms with Crippen LogP contribution in [-0.2, 0) is 14.3 Å². The minimum atomic E-state index is -0.505. The fraction of sp³-hybridized carbons (Fsp3) is 0.500. The maximum atomic E-state index is 11.4. The van der Waals surface area contributed by atoms with Crippen molar-refractivity contribution in [2.45, 2.75) is 12.5 Å². The molecular weight excluding hydrogens is 220 g/mol. The first-order chi connectivity index (χ1) is 6.56. The highest BCUT2D eigenvalue weighted by Crippen LogP contribution is 2.47. The van der Waals surface area contributed by atoms with Gasteiger partial charge in [-0.15, -0.1) is 0 Å². The lowest BCUT2D eigenvalue weighted by Gasteiger charge is -2.33. The summed E-state index contributed by atoms with van der Waals surface area (Å²) in [7, 11) is 3.48. The predicted molar refractivity (Wildman–Crippen MR) is 59.0 cm³/mol. The van der Waals surface area contributed by atoms with Crippen molar-refractivity contribution in [2.75, 3.05) is 13.8 Å². The smallest absolute Gasteiger partial charge is 0.329 e. The van der Waals surface area contributed by atoms with Crippen LogP contribution in [0.25, 0.3) is 0 Å². The molecule has 0 saturated carbocycles. The van der Waals surface area contributed by atoms with Gasteiger partial charge in [-0.1, -0.05) is 8.93 Å². The number of ketones is 1. The number of hydrogen-bond acceptors (Lipinski definition) is 4. The van der Waals surface area contributed by atoms with Crippen LogP contribution < -0.4 is 0 Å². The topological polar surface area (TPSA) is 46.6 Å². The third-order valence-electron chi connectivity index (χ3n) is 1.96. The molecule has 3 unspecified atom stereocenters. The standard InChI is InChI=1S/C8H13NO3P2/c1-12-8(11)7-5-6(10)3-4-9(7)14(2)13/h3-4,7H,5,13H2,1-2H3. The van der Waals surface area contributed by atoms with Crippen molar-refractivity contribution < 1.29 is 14.3 Å². The number of hydrogen-bond donors (Lipinski definition) is 0. The molecule has 0 aromatic carbocycles. The average Bonchev–Trinajstić information content (AvgIpc) is 2.16. The molecule has 0 aliphatic carbocycles. The van der Waals surface area contributed by atoms with Gasteiger partial charge in [-0.05, 0) is 12.7 Å². The van der Waals surface area contributed by atoms with Gasteiger partial charge in [0.1, 0.15) is 6.04 Å². The monoisotopic (exact) mass is 233 g/mol. The molecule has 0 fully saturated rings. The van der Waals surface area contributed by atoms with E-state index in [2.05, 4.69) is 13.7 Å². The molecule has 3 atom stereocenters. The summed E-state index contributed by atoms with van der Waals surface area (Å²) in [6, 6.07) is -0.453. The zero-order valence-electron chi connectivity index (χ0n) is 8.14. The molecule has 0 bridgehead atoms. The molecule has 0 saturated heterocycles. The molecule has 1 aliphatic rings. The Morgan fingerprint density at radius 2 is 2.43 bits per heavy atom. The summed E-state index contributed by atoms with van der Waals surface area (Å²) in [6.45, 7) is 2.00. The van der Waals surface area contributed by atoms with Gasteiger partial charge < -0.3 is 9.41 Å². The number of methoxy groups -OCH3 is 1. The molecule has 1 rings (SSSR count). The van der Waals surface area contributed by atoms with Crippen molar-refractivity contribution in [2.24, 2.45) is 0 Å². The van der Waals surface area contributed by atoms with Gasteiger partial charge in [-0.2, -0.15) is 0 Å². The molecule has 14 heavy (non-hydrogen) atoms. The zero-order chi connectivity index (χ0) is 10.7. The number of carbonyl (C=O) groups excluding carboxylic acids is 2. The van der Waals surface area contributed by atoms with Crippen LogP contribution in [0, 0.1) is 0 Å². The molecule has 0 aromatic heterocycles. The summed E-state index contributed by atoms with van der Waals surface area (Å²) >= 11 is 0. The molecule has 78 valence electrons. The number of esters is 1. The zero-order valence-corrected chi connectivity index (χ0v) is 10.2. The Balaban J connectivity index is 2.84. The van der Waals surface area contributed by atoms with E-state index in [4.69, 9.17) is 0 Å². The summed E-state index contributed by atoms with van der Waals surface area (Å²) in [6.07, 6.45) is 3.39. The Labute approximate surface area is 86.6 Å². The highest BCUT2D eigenvalue weighted by Gasteiger charge is 2.31. The highest BCUT2D eigenvalue weighted by molar-refractivity contribution is 8.12. The molecule has 0 N–H and O–H groups in total. The van der Waals surface area contributed by atoms with Crippen molar-refractivity contribution in [3.05, 3.63) is 12.3 Å². The van der Waals surface area contributed by atoms with E-state index in [9.17, 15) is 9.59 Å². The summed E-state index contributed by atoms with van der Waals surface area (Å²) in [5.74, 6) is -0.377.